The molecule has 0 spiro atoms. The van der Waals surface area contributed by atoms with E-state index in [1.807, 2.05) is 48.8 Å². The number of pyridine rings is 2. The van der Waals surface area contributed by atoms with Crippen molar-refractivity contribution in [2.75, 3.05) is 0 Å². The zero-order valence-corrected chi connectivity index (χ0v) is 30.0. The van der Waals surface area contributed by atoms with Crippen molar-refractivity contribution in [3.63, 3.8) is 0 Å². The smallest absolute Gasteiger partial charge is 0.121 e. The molecular weight excluding hydrogens is 659 g/mol. The van der Waals surface area contributed by atoms with E-state index in [4.69, 9.17) is 10.2 Å². The van der Waals surface area contributed by atoms with Crippen molar-refractivity contribution in [3.8, 4) is 72.7 Å². The fourth-order valence-corrected chi connectivity index (χ4v) is 7.96. The maximum Gasteiger partial charge on any atom is 0.121 e. The number of benzene rings is 6. The number of nitrogens with zero attached hydrogens (tertiary/aromatic N) is 5. The van der Waals surface area contributed by atoms with E-state index in [0.717, 1.165) is 67.1 Å². The van der Waals surface area contributed by atoms with E-state index < -0.39 is 0 Å². The number of hydrogen-bond acceptors (Lipinski definition) is 4. The molecule has 1 aliphatic carbocycles. The van der Waals surface area contributed by atoms with Crippen molar-refractivity contribution in [2.24, 2.45) is 0 Å². The standard InChI is InChI=1S/C49H35N5/c1-49(2)43-16-4-3-15-40(43)41-24-21-34(30-44(41)49)32-19-22-39(23-20-32)54-52-47-31-38(33-11-9-13-36(27-33)45-17-5-7-25-50-45)29-42(48(47)53-54)35-12-10-14-37(28-35)46-18-6-8-26-51-46/h3-31H,1-2H3. The van der Waals surface area contributed by atoms with Gasteiger partial charge in [0, 0.05) is 34.5 Å². The summed E-state index contributed by atoms with van der Waals surface area (Å²) >= 11 is 0. The molecule has 1 aliphatic rings. The summed E-state index contributed by atoms with van der Waals surface area (Å²) < 4.78 is 0. The molecule has 54 heavy (non-hydrogen) atoms. The van der Waals surface area contributed by atoms with E-state index >= 15 is 0 Å². The lowest BCUT2D eigenvalue weighted by Crippen LogP contribution is -2.14. The highest BCUT2D eigenvalue weighted by Crippen LogP contribution is 2.49. The highest BCUT2D eigenvalue weighted by atomic mass is 15.5. The summed E-state index contributed by atoms with van der Waals surface area (Å²) in [6.07, 6.45) is 3.66. The van der Waals surface area contributed by atoms with E-state index in [1.54, 1.807) is 4.80 Å². The maximum atomic E-state index is 5.13. The third kappa shape index (κ3) is 5.41. The van der Waals surface area contributed by atoms with Crippen LogP contribution in [0, 0.1) is 0 Å². The van der Waals surface area contributed by atoms with Crippen molar-refractivity contribution in [2.45, 2.75) is 19.3 Å². The van der Waals surface area contributed by atoms with Crippen LogP contribution in [0.5, 0.6) is 0 Å². The number of fused-ring (bicyclic) bond motifs is 4. The Morgan fingerprint density at radius 2 is 1.02 bits per heavy atom. The molecule has 0 amide bonds. The summed E-state index contributed by atoms with van der Waals surface area (Å²) in [5.74, 6) is 0. The molecule has 0 bridgehead atoms. The Kier molecular flexibility index (Phi) is 7.41. The molecule has 6 aromatic carbocycles. The predicted molar refractivity (Wildman–Crippen MR) is 219 cm³/mol. The van der Waals surface area contributed by atoms with E-state index in [-0.39, 0.29) is 5.41 Å². The number of hydrogen-bond donors (Lipinski definition) is 0. The van der Waals surface area contributed by atoms with Gasteiger partial charge in [-0.25, -0.2) is 0 Å². The van der Waals surface area contributed by atoms with E-state index in [0.29, 0.717) is 0 Å². The summed E-state index contributed by atoms with van der Waals surface area (Å²) in [6.45, 7) is 4.65. The first-order valence-electron chi connectivity index (χ1n) is 18.3. The summed E-state index contributed by atoms with van der Waals surface area (Å²) in [5.41, 5.74) is 18.5. The molecule has 0 fully saturated rings. The first-order valence-corrected chi connectivity index (χ1v) is 18.3. The van der Waals surface area contributed by atoms with Crippen LogP contribution in [-0.4, -0.2) is 25.0 Å². The van der Waals surface area contributed by atoms with Crippen LogP contribution in [0.3, 0.4) is 0 Å². The van der Waals surface area contributed by atoms with E-state index in [2.05, 4.69) is 151 Å². The van der Waals surface area contributed by atoms with Gasteiger partial charge in [0.05, 0.1) is 17.1 Å². The minimum atomic E-state index is -0.0472. The van der Waals surface area contributed by atoms with Crippen molar-refractivity contribution < 1.29 is 0 Å². The number of rotatable bonds is 6. The van der Waals surface area contributed by atoms with Crippen LogP contribution in [0.15, 0.2) is 176 Å². The Morgan fingerprint density at radius 3 is 1.74 bits per heavy atom. The molecule has 3 aromatic heterocycles. The van der Waals surface area contributed by atoms with Crippen molar-refractivity contribution in [1.82, 2.24) is 25.0 Å². The van der Waals surface area contributed by atoms with Crippen LogP contribution in [0.4, 0.5) is 0 Å². The van der Waals surface area contributed by atoms with Crippen LogP contribution in [-0.2, 0) is 5.41 Å². The lowest BCUT2D eigenvalue weighted by atomic mass is 9.81. The lowest BCUT2D eigenvalue weighted by molar-refractivity contribution is 0.660. The van der Waals surface area contributed by atoms with Crippen LogP contribution < -0.4 is 0 Å². The van der Waals surface area contributed by atoms with Crippen molar-refractivity contribution in [3.05, 3.63) is 187 Å². The first-order chi connectivity index (χ1) is 26.5. The maximum absolute atomic E-state index is 5.13. The van der Waals surface area contributed by atoms with Crippen LogP contribution in [0.2, 0.25) is 0 Å². The minimum Gasteiger partial charge on any atom is -0.256 e. The van der Waals surface area contributed by atoms with Gasteiger partial charge in [0.15, 0.2) is 0 Å². The fourth-order valence-electron chi connectivity index (χ4n) is 7.96. The Hall–Kier alpha value is -6.98. The number of aromatic nitrogens is 5. The average Bonchev–Trinajstić information content (AvgIpc) is 3.77. The molecule has 0 N–H and O–H groups in total. The molecule has 0 atom stereocenters. The van der Waals surface area contributed by atoms with Gasteiger partial charge in [-0.1, -0.05) is 111 Å². The highest BCUT2D eigenvalue weighted by molar-refractivity contribution is 5.96. The lowest BCUT2D eigenvalue weighted by Gasteiger charge is -2.22. The Balaban J connectivity index is 1.06. The van der Waals surface area contributed by atoms with Gasteiger partial charge in [-0.15, -0.1) is 10.2 Å². The molecule has 10 rings (SSSR count). The van der Waals surface area contributed by atoms with Crippen LogP contribution >= 0.6 is 0 Å². The molecular formula is C49H35N5. The fraction of sp³-hybridized carbons (Fsp3) is 0.0612. The van der Waals surface area contributed by atoms with E-state index in [1.165, 1.54) is 27.8 Å². The molecule has 3 heterocycles. The molecule has 5 heteroatoms. The second-order valence-electron chi connectivity index (χ2n) is 14.5. The van der Waals surface area contributed by atoms with Crippen LogP contribution in [0.25, 0.3) is 83.7 Å². The van der Waals surface area contributed by atoms with Gasteiger partial charge in [0.25, 0.3) is 0 Å². The quantitative estimate of drug-likeness (QED) is 0.174. The summed E-state index contributed by atoms with van der Waals surface area (Å²) in [4.78, 5) is 11.0. The predicted octanol–water partition coefficient (Wildman–Crippen LogP) is 11.9. The summed E-state index contributed by atoms with van der Waals surface area (Å²) in [5, 5.41) is 10.2. The van der Waals surface area contributed by atoms with Crippen LogP contribution in [0.1, 0.15) is 25.0 Å². The van der Waals surface area contributed by atoms with Gasteiger partial charge >= 0.3 is 0 Å². The Labute approximate surface area is 314 Å². The third-order valence-electron chi connectivity index (χ3n) is 10.8. The third-order valence-corrected chi connectivity index (χ3v) is 10.8. The summed E-state index contributed by atoms with van der Waals surface area (Å²) in [7, 11) is 0. The molecule has 0 radical (unpaired) electrons. The molecule has 0 unspecified atom stereocenters. The van der Waals surface area contributed by atoms with Gasteiger partial charge in [-0.05, 0) is 117 Å². The summed E-state index contributed by atoms with van der Waals surface area (Å²) in [6, 6.07) is 57.6. The van der Waals surface area contributed by atoms with Gasteiger partial charge < -0.3 is 0 Å². The van der Waals surface area contributed by atoms with Gasteiger partial charge in [0.1, 0.15) is 11.0 Å². The second kappa shape index (κ2) is 12.6. The molecule has 5 nitrogen and oxygen atoms in total. The molecule has 9 aromatic rings. The monoisotopic (exact) mass is 693 g/mol. The van der Waals surface area contributed by atoms with Crippen molar-refractivity contribution in [1.29, 1.82) is 0 Å². The molecule has 0 saturated heterocycles. The van der Waals surface area contributed by atoms with Crippen molar-refractivity contribution >= 4 is 11.0 Å². The SMILES string of the molecule is CC1(C)c2ccccc2-c2ccc(-c3ccc(-n4nc5cc(-c6cccc(-c7ccccn7)c6)cc(-c6cccc(-c7ccccn7)c6)c5n4)cc3)cc21. The molecule has 0 saturated carbocycles. The zero-order chi connectivity index (χ0) is 36.2. The molecule has 0 aliphatic heterocycles. The Morgan fingerprint density at radius 1 is 0.407 bits per heavy atom. The average molecular weight is 694 g/mol. The van der Waals surface area contributed by atoms with E-state index in [9.17, 15) is 0 Å². The first kappa shape index (κ1) is 31.7. The largest absolute Gasteiger partial charge is 0.256 e. The van der Waals surface area contributed by atoms with Gasteiger partial charge in [-0.2, -0.15) is 4.80 Å². The Bertz CT molecular complexity index is 2840. The van der Waals surface area contributed by atoms with Gasteiger partial charge in [0.2, 0.25) is 0 Å². The molecule has 256 valence electrons. The highest BCUT2D eigenvalue weighted by Gasteiger charge is 2.35. The minimum absolute atomic E-state index is 0.0472. The normalized spacial score (nSPS) is 12.8. The topological polar surface area (TPSA) is 56.5 Å². The zero-order valence-electron chi connectivity index (χ0n) is 30.0. The second-order valence-corrected chi connectivity index (χ2v) is 14.5. The van der Waals surface area contributed by atoms with Gasteiger partial charge in [-0.3, -0.25) is 9.97 Å².